The minimum atomic E-state index is -2.88. The van der Waals surface area contributed by atoms with Gasteiger partial charge in [-0.05, 0) is 50.5 Å². The van der Waals surface area contributed by atoms with Gasteiger partial charge in [0.15, 0.2) is 0 Å². The van der Waals surface area contributed by atoms with E-state index in [1.807, 2.05) is 4.90 Å². The highest BCUT2D eigenvalue weighted by molar-refractivity contribution is 5.94. The van der Waals surface area contributed by atoms with Gasteiger partial charge in [-0.3, -0.25) is 14.5 Å². The summed E-state index contributed by atoms with van der Waals surface area (Å²) in [5.41, 5.74) is 0.438. The molecule has 1 aromatic rings. The summed E-state index contributed by atoms with van der Waals surface area (Å²) >= 11 is 0. The summed E-state index contributed by atoms with van der Waals surface area (Å²) in [6.07, 6.45) is 3.32. The average molecular weight is 395 g/mol. The molecule has 2 heterocycles. The Kier molecular flexibility index (Phi) is 6.83. The number of likely N-dealkylation sites (tertiary alicyclic amines) is 1. The molecule has 1 atom stereocenters. The SMILES string of the molecule is CC1CCCCN1C(=O)CN1CCN(C(=O)c2ccc(OC(F)F)cc2)CC1. The quantitative estimate of drug-likeness (QED) is 0.769. The van der Waals surface area contributed by atoms with Crippen molar-refractivity contribution in [3.8, 4) is 5.75 Å². The molecule has 0 aromatic heterocycles. The van der Waals surface area contributed by atoms with Crippen molar-refractivity contribution in [3.05, 3.63) is 29.8 Å². The molecule has 6 nitrogen and oxygen atoms in total. The summed E-state index contributed by atoms with van der Waals surface area (Å²) in [6, 6.07) is 6.03. The molecule has 0 radical (unpaired) electrons. The Morgan fingerprint density at radius 3 is 2.36 bits per heavy atom. The number of amides is 2. The Balaban J connectivity index is 1.48. The molecule has 0 N–H and O–H groups in total. The van der Waals surface area contributed by atoms with E-state index < -0.39 is 6.61 Å². The van der Waals surface area contributed by atoms with Gasteiger partial charge in [-0.15, -0.1) is 0 Å². The molecular weight excluding hydrogens is 368 g/mol. The van der Waals surface area contributed by atoms with Crippen LogP contribution >= 0.6 is 0 Å². The topological polar surface area (TPSA) is 53.1 Å². The van der Waals surface area contributed by atoms with Crippen molar-refractivity contribution >= 4 is 11.8 Å². The number of rotatable bonds is 5. The third-order valence-electron chi connectivity index (χ3n) is 5.47. The molecule has 2 aliphatic rings. The van der Waals surface area contributed by atoms with Crippen molar-refractivity contribution in [1.82, 2.24) is 14.7 Å². The van der Waals surface area contributed by atoms with Crippen molar-refractivity contribution < 1.29 is 23.1 Å². The third kappa shape index (κ3) is 5.19. The smallest absolute Gasteiger partial charge is 0.387 e. The maximum Gasteiger partial charge on any atom is 0.387 e. The van der Waals surface area contributed by atoms with Gasteiger partial charge in [0, 0.05) is 44.3 Å². The summed E-state index contributed by atoms with van der Waals surface area (Å²) in [7, 11) is 0. The lowest BCUT2D eigenvalue weighted by molar-refractivity contribution is -0.136. The molecule has 0 bridgehead atoms. The lowest BCUT2D eigenvalue weighted by Gasteiger charge is -2.38. The number of hydrogen-bond donors (Lipinski definition) is 0. The van der Waals surface area contributed by atoms with Crippen LogP contribution in [0.4, 0.5) is 8.78 Å². The van der Waals surface area contributed by atoms with Crippen LogP contribution in [0, 0.1) is 0 Å². The fraction of sp³-hybridized carbons (Fsp3) is 0.600. The van der Waals surface area contributed by atoms with Crippen molar-refractivity contribution in [3.63, 3.8) is 0 Å². The molecule has 0 saturated carbocycles. The Morgan fingerprint density at radius 1 is 1.07 bits per heavy atom. The summed E-state index contributed by atoms with van der Waals surface area (Å²) in [5, 5.41) is 0. The fourth-order valence-electron chi connectivity index (χ4n) is 3.82. The second-order valence-electron chi connectivity index (χ2n) is 7.40. The predicted molar refractivity (Wildman–Crippen MR) is 100 cm³/mol. The molecule has 2 fully saturated rings. The molecule has 2 aliphatic heterocycles. The van der Waals surface area contributed by atoms with E-state index in [4.69, 9.17) is 0 Å². The van der Waals surface area contributed by atoms with Gasteiger partial charge in [0.2, 0.25) is 5.91 Å². The maximum atomic E-state index is 12.6. The van der Waals surface area contributed by atoms with Crippen LogP contribution in [-0.4, -0.2) is 78.4 Å². The first-order chi connectivity index (χ1) is 13.4. The summed E-state index contributed by atoms with van der Waals surface area (Å²) < 4.78 is 28.7. The number of benzene rings is 1. The largest absolute Gasteiger partial charge is 0.435 e. The van der Waals surface area contributed by atoms with E-state index in [2.05, 4.69) is 16.6 Å². The molecule has 154 valence electrons. The molecular formula is C20H27F2N3O3. The van der Waals surface area contributed by atoms with Gasteiger partial charge >= 0.3 is 6.61 Å². The van der Waals surface area contributed by atoms with Crippen LogP contribution < -0.4 is 4.74 Å². The molecule has 0 aliphatic carbocycles. The summed E-state index contributed by atoms with van der Waals surface area (Å²) in [6.45, 7) is 2.82. The number of piperazine rings is 1. The lowest BCUT2D eigenvalue weighted by Crippen LogP contribution is -2.53. The van der Waals surface area contributed by atoms with Crippen molar-refractivity contribution in [2.24, 2.45) is 0 Å². The number of piperidine rings is 1. The number of hydrogen-bond acceptors (Lipinski definition) is 4. The monoisotopic (exact) mass is 395 g/mol. The van der Waals surface area contributed by atoms with E-state index in [0.29, 0.717) is 44.3 Å². The number of ether oxygens (including phenoxy) is 1. The standard InChI is InChI=1S/C20H27F2N3O3/c1-15-4-2-3-9-25(15)18(26)14-23-10-12-24(13-11-23)19(27)16-5-7-17(8-6-16)28-20(21)22/h5-8,15,20H,2-4,9-14H2,1H3. The molecule has 8 heteroatoms. The summed E-state index contributed by atoms with van der Waals surface area (Å²) in [5.74, 6) is 0.0580. The van der Waals surface area contributed by atoms with Gasteiger partial charge < -0.3 is 14.5 Å². The number of halogens is 2. The van der Waals surface area contributed by atoms with Crippen LogP contribution in [-0.2, 0) is 4.79 Å². The van der Waals surface area contributed by atoms with Gasteiger partial charge in [-0.25, -0.2) is 0 Å². The van der Waals surface area contributed by atoms with Crippen molar-refractivity contribution in [1.29, 1.82) is 0 Å². The van der Waals surface area contributed by atoms with Crippen LogP contribution in [0.25, 0.3) is 0 Å². The van der Waals surface area contributed by atoms with E-state index in [1.54, 1.807) is 4.90 Å². The number of carbonyl (C=O) groups is 2. The minimum Gasteiger partial charge on any atom is -0.435 e. The van der Waals surface area contributed by atoms with E-state index in [1.165, 1.54) is 30.7 Å². The van der Waals surface area contributed by atoms with E-state index >= 15 is 0 Å². The first-order valence-electron chi connectivity index (χ1n) is 9.80. The number of nitrogens with zero attached hydrogens (tertiary/aromatic N) is 3. The van der Waals surface area contributed by atoms with E-state index in [0.717, 1.165) is 19.4 Å². The number of carbonyl (C=O) groups excluding carboxylic acids is 2. The number of alkyl halides is 2. The first-order valence-corrected chi connectivity index (χ1v) is 9.80. The molecule has 0 spiro atoms. The lowest BCUT2D eigenvalue weighted by atomic mass is 10.0. The first kappa shape index (κ1) is 20.5. The maximum absolute atomic E-state index is 12.6. The van der Waals surface area contributed by atoms with Crippen LogP contribution in [0.2, 0.25) is 0 Å². The molecule has 28 heavy (non-hydrogen) atoms. The van der Waals surface area contributed by atoms with Crippen LogP contribution in [0.1, 0.15) is 36.5 Å². The highest BCUT2D eigenvalue weighted by Gasteiger charge is 2.27. The van der Waals surface area contributed by atoms with Crippen molar-refractivity contribution in [2.45, 2.75) is 38.8 Å². The van der Waals surface area contributed by atoms with E-state index in [-0.39, 0.29) is 17.6 Å². The highest BCUT2D eigenvalue weighted by Crippen LogP contribution is 2.18. The Labute approximate surface area is 164 Å². The zero-order valence-electron chi connectivity index (χ0n) is 16.2. The average Bonchev–Trinajstić information content (AvgIpc) is 2.68. The minimum absolute atomic E-state index is 0.0295. The Hall–Kier alpha value is -2.22. The second kappa shape index (κ2) is 9.32. The van der Waals surface area contributed by atoms with Gasteiger partial charge in [0.25, 0.3) is 5.91 Å². The fourth-order valence-corrected chi connectivity index (χ4v) is 3.82. The molecule has 1 unspecified atom stereocenters. The zero-order chi connectivity index (χ0) is 20.1. The molecule has 2 saturated heterocycles. The molecule has 1 aromatic carbocycles. The van der Waals surface area contributed by atoms with Gasteiger partial charge in [0.1, 0.15) is 5.75 Å². The molecule has 3 rings (SSSR count). The van der Waals surface area contributed by atoms with Crippen LogP contribution in [0.15, 0.2) is 24.3 Å². The van der Waals surface area contributed by atoms with Crippen LogP contribution in [0.5, 0.6) is 5.75 Å². The van der Waals surface area contributed by atoms with E-state index in [9.17, 15) is 18.4 Å². The Bertz CT molecular complexity index is 676. The molecule has 2 amide bonds. The predicted octanol–water partition coefficient (Wildman–Crippen LogP) is 2.45. The Morgan fingerprint density at radius 2 is 1.75 bits per heavy atom. The third-order valence-corrected chi connectivity index (χ3v) is 5.47. The zero-order valence-corrected chi connectivity index (χ0v) is 16.2. The second-order valence-corrected chi connectivity index (χ2v) is 7.40. The van der Waals surface area contributed by atoms with Gasteiger partial charge in [-0.1, -0.05) is 0 Å². The highest BCUT2D eigenvalue weighted by atomic mass is 19.3. The van der Waals surface area contributed by atoms with Crippen LogP contribution in [0.3, 0.4) is 0 Å². The van der Waals surface area contributed by atoms with Gasteiger partial charge in [0.05, 0.1) is 6.54 Å². The van der Waals surface area contributed by atoms with Gasteiger partial charge in [-0.2, -0.15) is 8.78 Å². The summed E-state index contributed by atoms with van der Waals surface area (Å²) in [4.78, 5) is 31.0. The normalized spacial score (nSPS) is 21.1. The van der Waals surface area contributed by atoms with Crippen molar-refractivity contribution in [2.75, 3.05) is 39.3 Å².